The van der Waals surface area contributed by atoms with Gasteiger partial charge in [-0.15, -0.1) is 0 Å². The van der Waals surface area contributed by atoms with Crippen LogP contribution in [0.5, 0.6) is 0 Å². The van der Waals surface area contributed by atoms with Crippen molar-refractivity contribution in [2.24, 2.45) is 14.1 Å². The number of halogens is 1. The number of aryl methyl sites for hydroxylation is 2. The summed E-state index contributed by atoms with van der Waals surface area (Å²) in [6, 6.07) is 4.63. The molecule has 24 heavy (non-hydrogen) atoms. The van der Waals surface area contributed by atoms with Crippen LogP contribution in [0.15, 0.2) is 30.7 Å². The van der Waals surface area contributed by atoms with E-state index < -0.39 is 0 Å². The van der Waals surface area contributed by atoms with E-state index in [1.807, 2.05) is 18.7 Å². The molecule has 0 spiro atoms. The van der Waals surface area contributed by atoms with Gasteiger partial charge < -0.3 is 9.88 Å². The molecule has 0 fully saturated rings. The van der Waals surface area contributed by atoms with Gasteiger partial charge in [-0.2, -0.15) is 5.10 Å². The maximum absolute atomic E-state index is 13.4. The Kier molecular flexibility index (Phi) is 3.37. The molecule has 1 aromatic carbocycles. The van der Waals surface area contributed by atoms with Crippen LogP contribution in [-0.2, 0) is 20.5 Å². The summed E-state index contributed by atoms with van der Waals surface area (Å²) in [6.07, 6.45) is 3.96. The van der Waals surface area contributed by atoms with Gasteiger partial charge in [-0.25, -0.2) is 19.3 Å². The van der Waals surface area contributed by atoms with Crippen molar-refractivity contribution in [3.63, 3.8) is 0 Å². The molecule has 0 saturated carbocycles. The van der Waals surface area contributed by atoms with Gasteiger partial charge in [-0.3, -0.25) is 4.68 Å². The molecule has 7 nitrogen and oxygen atoms in total. The lowest BCUT2D eigenvalue weighted by Gasteiger charge is -2.06. The second-order valence-electron chi connectivity index (χ2n) is 5.62. The van der Waals surface area contributed by atoms with Crippen molar-refractivity contribution in [1.29, 1.82) is 0 Å². The maximum atomic E-state index is 13.4. The number of aromatic nitrogens is 6. The number of fused-ring (bicyclic) bond motifs is 2. The largest absolute Gasteiger partial charge is 0.369 e. The number of benzene rings is 1. The van der Waals surface area contributed by atoms with Crippen molar-refractivity contribution in [3.05, 3.63) is 42.4 Å². The summed E-state index contributed by atoms with van der Waals surface area (Å²) < 4.78 is 17.0. The Morgan fingerprint density at radius 1 is 1.21 bits per heavy atom. The number of hydrogen-bond acceptors (Lipinski definition) is 5. The fourth-order valence-electron chi connectivity index (χ4n) is 2.83. The van der Waals surface area contributed by atoms with Crippen molar-refractivity contribution < 1.29 is 4.39 Å². The van der Waals surface area contributed by atoms with Crippen molar-refractivity contribution in [1.82, 2.24) is 29.3 Å². The first-order chi connectivity index (χ1) is 11.6. The number of rotatable bonds is 4. The molecule has 122 valence electrons. The van der Waals surface area contributed by atoms with Crippen LogP contribution < -0.4 is 5.32 Å². The first kappa shape index (κ1) is 14.6. The highest BCUT2D eigenvalue weighted by Crippen LogP contribution is 2.19. The Bertz CT molecular complexity index is 1030. The minimum Gasteiger partial charge on any atom is -0.369 e. The molecule has 0 aliphatic carbocycles. The number of imidazole rings is 1. The zero-order chi connectivity index (χ0) is 16.7. The van der Waals surface area contributed by atoms with Crippen LogP contribution in [0.4, 0.5) is 10.2 Å². The Morgan fingerprint density at radius 2 is 2.08 bits per heavy atom. The maximum Gasteiger partial charge on any atom is 0.163 e. The second-order valence-corrected chi connectivity index (χ2v) is 5.62. The van der Waals surface area contributed by atoms with E-state index in [2.05, 4.69) is 25.4 Å². The van der Waals surface area contributed by atoms with Gasteiger partial charge in [0.05, 0.1) is 22.6 Å². The molecule has 0 amide bonds. The average molecular weight is 325 g/mol. The molecule has 0 aliphatic rings. The highest BCUT2D eigenvalue weighted by Gasteiger charge is 2.10. The third-order valence-electron chi connectivity index (χ3n) is 4.11. The number of hydrogen-bond donors (Lipinski definition) is 1. The molecule has 4 aromatic rings. The molecule has 3 heterocycles. The van der Waals surface area contributed by atoms with Crippen LogP contribution in [0, 0.1) is 5.82 Å². The van der Waals surface area contributed by atoms with Crippen LogP contribution in [0.25, 0.3) is 22.1 Å². The fraction of sp³-hybridized carbons (Fsp3) is 0.250. The quantitative estimate of drug-likeness (QED) is 0.621. The Labute approximate surface area is 137 Å². The predicted octanol–water partition coefficient (Wildman–Crippen LogP) is 2.04. The third kappa shape index (κ3) is 2.36. The van der Waals surface area contributed by atoms with E-state index in [4.69, 9.17) is 0 Å². The second kappa shape index (κ2) is 5.55. The number of nitrogens with one attached hydrogen (secondary N) is 1. The molecule has 0 bridgehead atoms. The van der Waals surface area contributed by atoms with Crippen molar-refractivity contribution in [3.8, 4) is 0 Å². The SMILES string of the molecule is Cn1ncc2c(NCCc3nc4ccc(F)cc4n3C)ncnc21. The van der Waals surface area contributed by atoms with Crippen LogP contribution in [0.2, 0.25) is 0 Å². The van der Waals surface area contributed by atoms with E-state index in [0.717, 1.165) is 33.7 Å². The van der Waals surface area contributed by atoms with Crippen LogP contribution in [0.1, 0.15) is 5.82 Å². The van der Waals surface area contributed by atoms with E-state index in [1.54, 1.807) is 16.9 Å². The highest BCUT2D eigenvalue weighted by atomic mass is 19.1. The molecular weight excluding hydrogens is 309 g/mol. The molecule has 0 atom stereocenters. The lowest BCUT2D eigenvalue weighted by atomic mass is 10.3. The lowest BCUT2D eigenvalue weighted by Crippen LogP contribution is -2.10. The van der Waals surface area contributed by atoms with E-state index in [9.17, 15) is 4.39 Å². The van der Waals surface area contributed by atoms with E-state index in [1.165, 1.54) is 18.5 Å². The van der Waals surface area contributed by atoms with E-state index in [-0.39, 0.29) is 5.82 Å². The van der Waals surface area contributed by atoms with Gasteiger partial charge >= 0.3 is 0 Å². The van der Waals surface area contributed by atoms with Gasteiger partial charge in [0.25, 0.3) is 0 Å². The summed E-state index contributed by atoms with van der Waals surface area (Å²) in [6.45, 7) is 0.653. The topological polar surface area (TPSA) is 73.5 Å². The molecule has 3 aromatic heterocycles. The van der Waals surface area contributed by atoms with Crippen molar-refractivity contribution in [2.45, 2.75) is 6.42 Å². The Morgan fingerprint density at radius 3 is 2.96 bits per heavy atom. The van der Waals surface area contributed by atoms with E-state index in [0.29, 0.717) is 13.0 Å². The van der Waals surface area contributed by atoms with Gasteiger partial charge in [0.1, 0.15) is 23.8 Å². The molecule has 1 N–H and O–H groups in total. The lowest BCUT2D eigenvalue weighted by molar-refractivity contribution is 0.628. The average Bonchev–Trinajstić information content (AvgIpc) is 3.10. The summed E-state index contributed by atoms with van der Waals surface area (Å²) in [5.41, 5.74) is 2.37. The summed E-state index contributed by atoms with van der Waals surface area (Å²) in [5.74, 6) is 1.38. The summed E-state index contributed by atoms with van der Waals surface area (Å²) in [4.78, 5) is 13.1. The van der Waals surface area contributed by atoms with E-state index >= 15 is 0 Å². The summed E-state index contributed by atoms with van der Waals surface area (Å²) >= 11 is 0. The predicted molar refractivity (Wildman–Crippen MR) is 89.2 cm³/mol. The van der Waals surface area contributed by atoms with Gasteiger partial charge in [-0.05, 0) is 18.2 Å². The van der Waals surface area contributed by atoms with Crippen molar-refractivity contribution >= 4 is 27.9 Å². The highest BCUT2D eigenvalue weighted by molar-refractivity contribution is 5.85. The number of nitrogens with zero attached hydrogens (tertiary/aromatic N) is 6. The molecular formula is C16H16FN7. The standard InChI is InChI=1S/C16H16FN7/c1-23-13-7-10(17)3-4-12(13)22-14(23)5-6-18-15-11-8-21-24(2)16(11)20-9-19-15/h3-4,7-9H,5-6H2,1-2H3,(H,18,19,20). The van der Waals surface area contributed by atoms with Crippen LogP contribution in [-0.4, -0.2) is 35.8 Å². The fourth-order valence-corrected chi connectivity index (χ4v) is 2.83. The molecule has 4 rings (SSSR count). The monoisotopic (exact) mass is 325 g/mol. The Hall–Kier alpha value is -3.03. The van der Waals surface area contributed by atoms with Crippen LogP contribution in [0.3, 0.4) is 0 Å². The molecule has 0 unspecified atom stereocenters. The molecule has 8 heteroatoms. The first-order valence-electron chi connectivity index (χ1n) is 7.61. The normalized spacial score (nSPS) is 11.5. The third-order valence-corrected chi connectivity index (χ3v) is 4.11. The zero-order valence-electron chi connectivity index (χ0n) is 13.4. The minimum absolute atomic E-state index is 0.255. The Balaban J connectivity index is 1.54. The first-order valence-corrected chi connectivity index (χ1v) is 7.61. The minimum atomic E-state index is -0.255. The van der Waals surface area contributed by atoms with Gasteiger partial charge in [-0.1, -0.05) is 0 Å². The summed E-state index contributed by atoms with van der Waals surface area (Å²) in [5, 5.41) is 8.38. The zero-order valence-corrected chi connectivity index (χ0v) is 13.4. The molecule has 0 saturated heterocycles. The summed E-state index contributed by atoms with van der Waals surface area (Å²) in [7, 11) is 3.74. The van der Waals surface area contributed by atoms with Gasteiger partial charge in [0.2, 0.25) is 0 Å². The van der Waals surface area contributed by atoms with Crippen LogP contribution >= 0.6 is 0 Å². The van der Waals surface area contributed by atoms with Gasteiger partial charge in [0, 0.05) is 27.1 Å². The van der Waals surface area contributed by atoms with Crippen molar-refractivity contribution in [2.75, 3.05) is 11.9 Å². The molecule has 0 aliphatic heterocycles. The van der Waals surface area contributed by atoms with Gasteiger partial charge in [0.15, 0.2) is 5.65 Å². The smallest absolute Gasteiger partial charge is 0.163 e. The molecule has 0 radical (unpaired) electrons. The number of anilines is 1.